The number of carbonyl (C=O) groups excluding carboxylic acids is 1. The van der Waals surface area contributed by atoms with Gasteiger partial charge in [-0.1, -0.05) is 43.7 Å². The van der Waals surface area contributed by atoms with Crippen molar-refractivity contribution in [2.24, 2.45) is 5.73 Å². The van der Waals surface area contributed by atoms with Gasteiger partial charge in [-0.05, 0) is 12.0 Å². The van der Waals surface area contributed by atoms with Gasteiger partial charge >= 0.3 is 11.9 Å². The molecule has 0 aromatic heterocycles. The van der Waals surface area contributed by atoms with Crippen LogP contribution in [0.3, 0.4) is 0 Å². The van der Waals surface area contributed by atoms with Crippen LogP contribution in [0.25, 0.3) is 0 Å². The first-order valence-corrected chi connectivity index (χ1v) is 5.74. The number of hydrogen-bond donors (Lipinski definition) is 2. The molecule has 3 N–H and O–H groups in total. The van der Waals surface area contributed by atoms with Crippen molar-refractivity contribution in [1.29, 1.82) is 0 Å². The molecule has 18 heavy (non-hydrogen) atoms. The number of aliphatic carboxylic acids is 1. The van der Waals surface area contributed by atoms with Gasteiger partial charge in [0.2, 0.25) is 5.54 Å². The van der Waals surface area contributed by atoms with Crippen molar-refractivity contribution in [3.05, 3.63) is 35.9 Å². The fraction of sp³-hybridized carbons (Fsp3) is 0.385. The van der Waals surface area contributed by atoms with Crippen LogP contribution in [-0.2, 0) is 20.9 Å². The predicted octanol–water partition coefficient (Wildman–Crippen LogP) is 1.31. The highest BCUT2D eigenvalue weighted by atomic mass is 16.5. The van der Waals surface area contributed by atoms with E-state index >= 15 is 0 Å². The van der Waals surface area contributed by atoms with Crippen molar-refractivity contribution in [3.8, 4) is 0 Å². The summed E-state index contributed by atoms with van der Waals surface area (Å²) >= 11 is 0. The van der Waals surface area contributed by atoms with E-state index in [1.54, 1.807) is 19.1 Å². The van der Waals surface area contributed by atoms with Gasteiger partial charge in [-0.15, -0.1) is 0 Å². The standard InChI is InChI=1S/C13H17NO4/c1-2-8-13(14,11(15)16)12(17)18-9-10-6-4-3-5-7-10/h3-7H,2,8-9,14H2,1H3,(H,15,16). The van der Waals surface area contributed by atoms with Gasteiger partial charge in [0.05, 0.1) is 0 Å². The Morgan fingerprint density at radius 3 is 2.44 bits per heavy atom. The molecule has 5 heteroatoms. The zero-order valence-corrected chi connectivity index (χ0v) is 10.3. The Balaban J connectivity index is 2.66. The number of esters is 1. The maximum absolute atomic E-state index is 11.7. The quantitative estimate of drug-likeness (QED) is 0.587. The highest BCUT2D eigenvalue weighted by Crippen LogP contribution is 2.14. The van der Waals surface area contributed by atoms with E-state index < -0.39 is 17.5 Å². The largest absolute Gasteiger partial charge is 0.479 e. The van der Waals surface area contributed by atoms with E-state index in [1.807, 2.05) is 18.2 Å². The maximum atomic E-state index is 11.7. The molecule has 1 rings (SSSR count). The summed E-state index contributed by atoms with van der Waals surface area (Å²) in [6.07, 6.45) is 0.541. The number of carboxylic acid groups (broad SMARTS) is 1. The molecule has 0 aliphatic heterocycles. The van der Waals surface area contributed by atoms with Gasteiger partial charge in [0.25, 0.3) is 0 Å². The fourth-order valence-corrected chi connectivity index (χ4v) is 1.54. The molecule has 0 amide bonds. The van der Waals surface area contributed by atoms with Crippen molar-refractivity contribution in [3.63, 3.8) is 0 Å². The van der Waals surface area contributed by atoms with Crippen molar-refractivity contribution < 1.29 is 19.4 Å². The van der Waals surface area contributed by atoms with E-state index in [2.05, 4.69) is 0 Å². The number of nitrogens with two attached hydrogens (primary N) is 1. The maximum Gasteiger partial charge on any atom is 0.338 e. The highest BCUT2D eigenvalue weighted by Gasteiger charge is 2.43. The molecule has 0 spiro atoms. The molecule has 1 aromatic rings. The normalized spacial score (nSPS) is 13.7. The molecule has 1 unspecified atom stereocenters. The lowest BCUT2D eigenvalue weighted by molar-refractivity contribution is -0.162. The van der Waals surface area contributed by atoms with Gasteiger partial charge in [0.15, 0.2) is 0 Å². The Morgan fingerprint density at radius 2 is 1.94 bits per heavy atom. The first-order chi connectivity index (χ1) is 8.50. The summed E-state index contributed by atoms with van der Waals surface area (Å²) in [6, 6.07) is 9.02. The van der Waals surface area contributed by atoms with E-state index in [0.29, 0.717) is 6.42 Å². The Morgan fingerprint density at radius 1 is 1.33 bits per heavy atom. The molecule has 0 saturated carbocycles. The lowest BCUT2D eigenvalue weighted by Gasteiger charge is -2.21. The summed E-state index contributed by atoms with van der Waals surface area (Å²) in [6.45, 7) is 1.78. The summed E-state index contributed by atoms with van der Waals surface area (Å²) in [4.78, 5) is 22.8. The molecule has 0 fully saturated rings. The summed E-state index contributed by atoms with van der Waals surface area (Å²) in [5.74, 6) is -2.26. The third kappa shape index (κ3) is 3.30. The van der Waals surface area contributed by atoms with Gasteiger partial charge in [0.1, 0.15) is 6.61 Å². The Labute approximate surface area is 106 Å². The van der Waals surface area contributed by atoms with Crippen molar-refractivity contribution in [2.75, 3.05) is 0 Å². The number of carbonyl (C=O) groups is 2. The number of benzene rings is 1. The van der Waals surface area contributed by atoms with E-state index in [4.69, 9.17) is 15.6 Å². The van der Waals surface area contributed by atoms with E-state index in [0.717, 1.165) is 5.56 Å². The van der Waals surface area contributed by atoms with Crippen LogP contribution in [0.15, 0.2) is 30.3 Å². The molecule has 0 bridgehead atoms. The topological polar surface area (TPSA) is 89.6 Å². The second kappa shape index (κ2) is 6.16. The Kier molecular flexibility index (Phi) is 4.85. The second-order valence-corrected chi connectivity index (χ2v) is 4.09. The van der Waals surface area contributed by atoms with Crippen molar-refractivity contribution >= 4 is 11.9 Å². The first-order valence-electron chi connectivity index (χ1n) is 5.74. The van der Waals surface area contributed by atoms with Gasteiger partial charge in [-0.2, -0.15) is 0 Å². The summed E-state index contributed by atoms with van der Waals surface area (Å²) < 4.78 is 4.96. The number of ether oxygens (including phenoxy) is 1. The van der Waals surface area contributed by atoms with Gasteiger partial charge in [-0.25, -0.2) is 9.59 Å². The highest BCUT2D eigenvalue weighted by molar-refractivity contribution is 6.03. The lowest BCUT2D eigenvalue weighted by Crippen LogP contribution is -2.55. The van der Waals surface area contributed by atoms with Crippen LogP contribution in [0.4, 0.5) is 0 Å². The minimum atomic E-state index is -1.95. The van der Waals surface area contributed by atoms with Crippen molar-refractivity contribution in [1.82, 2.24) is 0 Å². The third-order valence-corrected chi connectivity index (χ3v) is 2.60. The summed E-state index contributed by atoms with van der Waals surface area (Å²) in [5, 5.41) is 9.01. The smallest absolute Gasteiger partial charge is 0.338 e. The molecular formula is C13H17NO4. The second-order valence-electron chi connectivity index (χ2n) is 4.09. The van der Waals surface area contributed by atoms with Crippen LogP contribution in [0.1, 0.15) is 25.3 Å². The van der Waals surface area contributed by atoms with E-state index in [1.165, 1.54) is 0 Å². The van der Waals surface area contributed by atoms with Crippen LogP contribution >= 0.6 is 0 Å². The van der Waals surface area contributed by atoms with Gasteiger partial charge in [0, 0.05) is 0 Å². The Bertz CT molecular complexity index is 418. The number of carboxylic acids is 1. The zero-order chi connectivity index (χ0) is 13.6. The average Bonchev–Trinajstić information content (AvgIpc) is 2.37. The van der Waals surface area contributed by atoms with Crippen LogP contribution in [0.5, 0.6) is 0 Å². The molecule has 1 atom stereocenters. The fourth-order valence-electron chi connectivity index (χ4n) is 1.54. The SMILES string of the molecule is CCCC(N)(C(=O)O)C(=O)OCc1ccccc1. The zero-order valence-electron chi connectivity index (χ0n) is 10.3. The third-order valence-electron chi connectivity index (χ3n) is 2.60. The molecule has 0 heterocycles. The van der Waals surface area contributed by atoms with Crippen LogP contribution in [0.2, 0.25) is 0 Å². The van der Waals surface area contributed by atoms with Crippen LogP contribution < -0.4 is 5.73 Å². The minimum Gasteiger partial charge on any atom is -0.479 e. The molecule has 0 saturated heterocycles. The molecule has 1 aromatic carbocycles. The minimum absolute atomic E-state index is 0.0234. The molecule has 98 valence electrons. The van der Waals surface area contributed by atoms with Crippen LogP contribution in [0, 0.1) is 0 Å². The molecule has 0 aliphatic carbocycles. The summed E-state index contributed by atoms with van der Waals surface area (Å²) in [5.41, 5.74) is 4.42. The Hall–Kier alpha value is -1.88. The lowest BCUT2D eigenvalue weighted by atomic mass is 9.95. The number of rotatable bonds is 6. The molecule has 0 radical (unpaired) electrons. The number of hydrogen-bond acceptors (Lipinski definition) is 4. The molecule has 0 aliphatic rings. The van der Waals surface area contributed by atoms with Gasteiger partial charge in [-0.3, -0.25) is 0 Å². The first kappa shape index (κ1) is 14.2. The monoisotopic (exact) mass is 251 g/mol. The molecular weight excluding hydrogens is 234 g/mol. The van der Waals surface area contributed by atoms with E-state index in [9.17, 15) is 9.59 Å². The van der Waals surface area contributed by atoms with E-state index in [-0.39, 0.29) is 13.0 Å². The van der Waals surface area contributed by atoms with Gasteiger partial charge < -0.3 is 15.6 Å². The molecule has 5 nitrogen and oxygen atoms in total. The predicted molar refractivity (Wildman–Crippen MR) is 65.7 cm³/mol. The van der Waals surface area contributed by atoms with Crippen molar-refractivity contribution in [2.45, 2.75) is 31.9 Å². The summed E-state index contributed by atoms with van der Waals surface area (Å²) in [7, 11) is 0. The average molecular weight is 251 g/mol. The van der Waals surface area contributed by atoms with Crippen LogP contribution in [-0.4, -0.2) is 22.6 Å².